The summed E-state index contributed by atoms with van der Waals surface area (Å²) in [5.41, 5.74) is 0. The lowest BCUT2D eigenvalue weighted by atomic mass is 10.0. The Morgan fingerprint density at radius 2 is 2.07 bits per heavy atom. The average molecular weight is 223 g/mol. The molecule has 6 heteroatoms. The third-order valence-corrected chi connectivity index (χ3v) is 2.59. The lowest BCUT2D eigenvalue weighted by Gasteiger charge is -2.38. The number of hydrogen-bond acceptors (Lipinski definition) is 5. The highest BCUT2D eigenvalue weighted by molar-refractivity contribution is 7.85. The molecule has 0 spiro atoms. The Morgan fingerprint density at radius 1 is 1.43 bits per heavy atom. The van der Waals surface area contributed by atoms with Crippen LogP contribution in [0.3, 0.4) is 0 Å². The molecule has 1 aliphatic rings. The summed E-state index contributed by atoms with van der Waals surface area (Å²) in [5, 5.41) is 0. The molecule has 1 fully saturated rings. The van der Waals surface area contributed by atoms with Crippen molar-refractivity contribution >= 4 is 10.1 Å². The quantitative estimate of drug-likeness (QED) is 0.588. The van der Waals surface area contributed by atoms with E-state index in [1.54, 1.807) is 0 Å². The molecule has 0 atom stereocenters. The third-order valence-electron chi connectivity index (χ3n) is 2.03. The maximum Gasteiger partial charge on any atom is 0.264 e. The minimum Gasteiger partial charge on any atom is -0.366 e. The van der Waals surface area contributed by atoms with Crippen molar-refractivity contribution in [1.82, 2.24) is 4.90 Å². The van der Waals surface area contributed by atoms with Gasteiger partial charge in [-0.3, -0.25) is 9.08 Å². The highest BCUT2D eigenvalue weighted by Gasteiger charge is 2.27. The molecule has 0 aliphatic carbocycles. The van der Waals surface area contributed by atoms with Crippen LogP contribution in [0, 0.1) is 5.92 Å². The van der Waals surface area contributed by atoms with Crippen molar-refractivity contribution in [1.29, 1.82) is 0 Å². The van der Waals surface area contributed by atoms with E-state index in [9.17, 15) is 8.42 Å². The van der Waals surface area contributed by atoms with Crippen molar-refractivity contribution in [3.8, 4) is 0 Å². The minimum absolute atomic E-state index is 0.293. The lowest BCUT2D eigenvalue weighted by Crippen LogP contribution is -2.49. The van der Waals surface area contributed by atoms with Gasteiger partial charge in [-0.25, -0.2) is 0 Å². The van der Waals surface area contributed by atoms with E-state index in [2.05, 4.69) is 4.90 Å². The van der Waals surface area contributed by atoms with E-state index >= 15 is 0 Å². The smallest absolute Gasteiger partial charge is 0.264 e. The van der Waals surface area contributed by atoms with Crippen molar-refractivity contribution in [2.75, 3.05) is 39.3 Å². The number of rotatable bonds is 6. The minimum atomic E-state index is -3.28. The monoisotopic (exact) mass is 223 g/mol. The zero-order valence-electron chi connectivity index (χ0n) is 8.60. The molecule has 0 bridgehead atoms. The van der Waals surface area contributed by atoms with E-state index in [-0.39, 0.29) is 0 Å². The first kappa shape index (κ1) is 11.9. The van der Waals surface area contributed by atoms with Crippen LogP contribution in [-0.4, -0.2) is 52.6 Å². The summed E-state index contributed by atoms with van der Waals surface area (Å²) in [6.07, 6.45) is 1.07. The van der Waals surface area contributed by atoms with Gasteiger partial charge in [-0.05, 0) is 6.92 Å². The second-order valence-electron chi connectivity index (χ2n) is 3.51. The van der Waals surface area contributed by atoms with Gasteiger partial charge in [0.1, 0.15) is 0 Å². The Kier molecular flexibility index (Phi) is 4.31. The maximum absolute atomic E-state index is 10.7. The van der Waals surface area contributed by atoms with E-state index in [0.29, 0.717) is 25.9 Å². The van der Waals surface area contributed by atoms with E-state index in [0.717, 1.165) is 19.3 Å². The Balaban J connectivity index is 2.05. The van der Waals surface area contributed by atoms with Crippen LogP contribution in [0.25, 0.3) is 0 Å². The molecular weight excluding hydrogens is 206 g/mol. The molecule has 1 saturated heterocycles. The Morgan fingerprint density at radius 3 is 2.57 bits per heavy atom. The van der Waals surface area contributed by atoms with Gasteiger partial charge in [0.2, 0.25) is 0 Å². The molecule has 0 amide bonds. The molecule has 14 heavy (non-hydrogen) atoms. The van der Waals surface area contributed by atoms with Crippen LogP contribution in [-0.2, 0) is 19.0 Å². The molecule has 0 N–H and O–H groups in total. The van der Waals surface area contributed by atoms with E-state index in [1.165, 1.54) is 0 Å². The van der Waals surface area contributed by atoms with Crippen LogP contribution in [0.2, 0.25) is 0 Å². The summed E-state index contributed by atoms with van der Waals surface area (Å²) in [4.78, 5) is 2.11. The highest BCUT2D eigenvalue weighted by Crippen LogP contribution is 2.15. The van der Waals surface area contributed by atoms with Crippen molar-refractivity contribution in [2.24, 2.45) is 5.92 Å². The predicted octanol–water partition coefficient (Wildman–Crippen LogP) is -0.112. The van der Waals surface area contributed by atoms with Gasteiger partial charge >= 0.3 is 0 Å². The average Bonchev–Trinajstić information content (AvgIpc) is 1.99. The van der Waals surface area contributed by atoms with E-state index < -0.39 is 10.1 Å². The zero-order chi connectivity index (χ0) is 10.6. The van der Waals surface area contributed by atoms with E-state index in [1.807, 2.05) is 6.92 Å². The zero-order valence-corrected chi connectivity index (χ0v) is 9.42. The van der Waals surface area contributed by atoms with Crippen LogP contribution in [0.1, 0.15) is 6.92 Å². The lowest BCUT2D eigenvalue weighted by molar-refractivity contribution is -0.0375. The first-order valence-corrected chi connectivity index (χ1v) is 6.47. The van der Waals surface area contributed by atoms with Crippen LogP contribution in [0.15, 0.2) is 0 Å². The highest BCUT2D eigenvalue weighted by atomic mass is 32.2. The fourth-order valence-electron chi connectivity index (χ4n) is 1.33. The van der Waals surface area contributed by atoms with Gasteiger partial charge in [-0.15, -0.1) is 0 Å². The van der Waals surface area contributed by atoms with Gasteiger partial charge in [0.05, 0.1) is 19.6 Å². The van der Waals surface area contributed by atoms with Crippen LogP contribution in [0.5, 0.6) is 0 Å². The molecule has 1 aliphatic heterocycles. The second kappa shape index (κ2) is 5.06. The van der Waals surface area contributed by atoms with Gasteiger partial charge in [0, 0.05) is 25.6 Å². The fraction of sp³-hybridized carbons (Fsp3) is 1.00. The van der Waals surface area contributed by atoms with Gasteiger partial charge in [0.25, 0.3) is 10.1 Å². The first-order valence-electron chi connectivity index (χ1n) is 4.65. The molecule has 0 saturated carbocycles. The summed E-state index contributed by atoms with van der Waals surface area (Å²) in [7, 11) is -3.28. The normalized spacial score (nSPS) is 19.6. The number of hydrogen-bond donors (Lipinski definition) is 0. The third kappa shape index (κ3) is 4.36. The Hall–Kier alpha value is -0.170. The molecule has 0 radical (unpaired) electrons. The predicted molar refractivity (Wildman–Crippen MR) is 52.4 cm³/mol. The molecule has 1 heterocycles. The molecular formula is C8H17NO4S. The summed E-state index contributed by atoms with van der Waals surface area (Å²) < 4.78 is 31.2. The Labute approximate surface area is 85.1 Å². The number of ether oxygens (including phenoxy) is 1. The van der Waals surface area contributed by atoms with Gasteiger partial charge in [-0.2, -0.15) is 8.42 Å². The van der Waals surface area contributed by atoms with Crippen molar-refractivity contribution in [3.05, 3.63) is 0 Å². The van der Waals surface area contributed by atoms with Crippen molar-refractivity contribution in [2.45, 2.75) is 6.92 Å². The van der Waals surface area contributed by atoms with Crippen molar-refractivity contribution < 1.29 is 17.3 Å². The Bertz CT molecular complexity index is 259. The first-order chi connectivity index (χ1) is 6.51. The van der Waals surface area contributed by atoms with Crippen LogP contribution >= 0.6 is 0 Å². The van der Waals surface area contributed by atoms with E-state index in [4.69, 9.17) is 8.92 Å². The fourth-order valence-corrected chi connectivity index (χ4v) is 1.77. The molecule has 0 unspecified atom stereocenters. The van der Waals surface area contributed by atoms with Gasteiger partial charge < -0.3 is 4.74 Å². The maximum atomic E-state index is 10.7. The van der Waals surface area contributed by atoms with Gasteiger partial charge in [-0.1, -0.05) is 0 Å². The largest absolute Gasteiger partial charge is 0.366 e. The topological polar surface area (TPSA) is 55.8 Å². The molecule has 0 aromatic rings. The molecule has 84 valence electrons. The summed E-state index contributed by atoms with van der Waals surface area (Å²) in [5.74, 6) is 0.324. The number of nitrogens with zero attached hydrogens (tertiary/aromatic N) is 1. The van der Waals surface area contributed by atoms with Crippen molar-refractivity contribution in [3.63, 3.8) is 0 Å². The van der Waals surface area contributed by atoms with Gasteiger partial charge in [0.15, 0.2) is 0 Å². The molecule has 0 aromatic carbocycles. The summed E-state index contributed by atoms with van der Waals surface area (Å²) in [6.45, 7) is 5.30. The molecule has 0 aromatic heterocycles. The summed E-state index contributed by atoms with van der Waals surface area (Å²) in [6, 6.07) is 0. The SMILES string of the molecule is CCOCN1CC(COS(C)(=O)=O)C1. The standard InChI is InChI=1S/C8H17NO4S/c1-3-12-7-9-4-8(5-9)6-13-14(2,10)11/h8H,3-7H2,1-2H3. The van der Waals surface area contributed by atoms with Crippen LogP contribution in [0.4, 0.5) is 0 Å². The van der Waals surface area contributed by atoms with Crippen LogP contribution < -0.4 is 0 Å². The number of likely N-dealkylation sites (tertiary alicyclic amines) is 1. The second-order valence-corrected chi connectivity index (χ2v) is 5.16. The summed E-state index contributed by atoms with van der Waals surface area (Å²) >= 11 is 0. The molecule has 1 rings (SSSR count). The molecule has 5 nitrogen and oxygen atoms in total.